The standard InChI is InChI=1S/C15H19BrO2S/c16-12-1-3-13(4-2-12)18-14-5-8-17-15(11-14)6-9-19-10-7-15/h1-4,14H,5-11H2. The summed E-state index contributed by atoms with van der Waals surface area (Å²) in [6.07, 6.45) is 4.71. The Labute approximate surface area is 127 Å². The maximum absolute atomic E-state index is 6.13. The molecule has 0 amide bonds. The average Bonchev–Trinajstić information content (AvgIpc) is 2.42. The van der Waals surface area contributed by atoms with E-state index in [1.54, 1.807) is 0 Å². The zero-order valence-corrected chi connectivity index (χ0v) is 13.3. The lowest BCUT2D eigenvalue weighted by atomic mass is 9.86. The molecule has 2 nitrogen and oxygen atoms in total. The van der Waals surface area contributed by atoms with Crippen LogP contribution in [0.15, 0.2) is 28.7 Å². The molecule has 2 heterocycles. The second kappa shape index (κ2) is 6.06. The lowest BCUT2D eigenvalue weighted by Gasteiger charge is -2.43. The van der Waals surface area contributed by atoms with E-state index in [1.165, 1.54) is 24.3 Å². The molecule has 2 fully saturated rings. The van der Waals surface area contributed by atoms with Crippen LogP contribution in [0.25, 0.3) is 0 Å². The molecule has 0 radical (unpaired) electrons. The number of rotatable bonds is 2. The van der Waals surface area contributed by atoms with Gasteiger partial charge < -0.3 is 9.47 Å². The molecule has 19 heavy (non-hydrogen) atoms. The van der Waals surface area contributed by atoms with Gasteiger partial charge in [0.2, 0.25) is 0 Å². The predicted octanol–water partition coefficient (Wildman–Crippen LogP) is 4.27. The van der Waals surface area contributed by atoms with E-state index in [-0.39, 0.29) is 5.60 Å². The van der Waals surface area contributed by atoms with Crippen molar-refractivity contribution in [1.82, 2.24) is 0 Å². The zero-order valence-electron chi connectivity index (χ0n) is 10.9. The molecular formula is C15H19BrO2S. The summed E-state index contributed by atoms with van der Waals surface area (Å²) < 4.78 is 13.3. The Morgan fingerprint density at radius 3 is 2.68 bits per heavy atom. The lowest BCUT2D eigenvalue weighted by Crippen LogP contribution is -2.46. The number of benzene rings is 1. The molecule has 1 spiro atoms. The van der Waals surface area contributed by atoms with Gasteiger partial charge in [0.05, 0.1) is 12.2 Å². The number of halogens is 1. The van der Waals surface area contributed by atoms with Gasteiger partial charge >= 0.3 is 0 Å². The molecule has 0 bridgehead atoms. The molecule has 2 aliphatic heterocycles. The third kappa shape index (κ3) is 3.47. The number of hydrogen-bond acceptors (Lipinski definition) is 3. The second-order valence-electron chi connectivity index (χ2n) is 5.33. The normalized spacial score (nSPS) is 26.3. The van der Waals surface area contributed by atoms with Gasteiger partial charge in [0.15, 0.2) is 0 Å². The van der Waals surface area contributed by atoms with Crippen LogP contribution in [0.5, 0.6) is 5.75 Å². The highest BCUT2D eigenvalue weighted by Gasteiger charge is 2.39. The van der Waals surface area contributed by atoms with Gasteiger partial charge in [0.1, 0.15) is 11.9 Å². The summed E-state index contributed by atoms with van der Waals surface area (Å²) in [5.41, 5.74) is 0.101. The molecule has 104 valence electrons. The summed E-state index contributed by atoms with van der Waals surface area (Å²) >= 11 is 5.49. The minimum atomic E-state index is 0.101. The summed E-state index contributed by atoms with van der Waals surface area (Å²) in [6, 6.07) is 8.12. The van der Waals surface area contributed by atoms with Crippen LogP contribution in [-0.4, -0.2) is 29.8 Å². The van der Waals surface area contributed by atoms with Crippen molar-refractivity contribution in [3.63, 3.8) is 0 Å². The molecule has 1 aromatic rings. The number of hydrogen-bond donors (Lipinski definition) is 0. The van der Waals surface area contributed by atoms with Gasteiger partial charge in [-0.15, -0.1) is 0 Å². The minimum Gasteiger partial charge on any atom is -0.490 e. The predicted molar refractivity (Wildman–Crippen MR) is 83.0 cm³/mol. The Bertz CT molecular complexity index is 409. The number of thioether (sulfide) groups is 1. The number of ether oxygens (including phenoxy) is 2. The fourth-order valence-electron chi connectivity index (χ4n) is 2.88. The third-order valence-corrected chi connectivity index (χ3v) is 5.48. The Hall–Kier alpha value is -0.190. The van der Waals surface area contributed by atoms with Gasteiger partial charge in [0.25, 0.3) is 0 Å². The van der Waals surface area contributed by atoms with Crippen LogP contribution < -0.4 is 4.74 Å². The Morgan fingerprint density at radius 1 is 1.21 bits per heavy atom. The van der Waals surface area contributed by atoms with Gasteiger partial charge in [-0.3, -0.25) is 0 Å². The van der Waals surface area contributed by atoms with Crippen molar-refractivity contribution in [1.29, 1.82) is 0 Å². The molecule has 0 N–H and O–H groups in total. The molecule has 0 saturated carbocycles. The summed E-state index contributed by atoms with van der Waals surface area (Å²) in [4.78, 5) is 0. The third-order valence-electron chi connectivity index (χ3n) is 3.97. The second-order valence-corrected chi connectivity index (χ2v) is 7.47. The van der Waals surface area contributed by atoms with Crippen LogP contribution in [0.3, 0.4) is 0 Å². The van der Waals surface area contributed by atoms with Crippen LogP contribution in [0.1, 0.15) is 25.7 Å². The first-order valence-electron chi connectivity index (χ1n) is 6.90. The van der Waals surface area contributed by atoms with Crippen molar-refractivity contribution in [2.45, 2.75) is 37.4 Å². The Morgan fingerprint density at radius 2 is 1.95 bits per heavy atom. The van der Waals surface area contributed by atoms with E-state index >= 15 is 0 Å². The first-order valence-corrected chi connectivity index (χ1v) is 8.85. The maximum Gasteiger partial charge on any atom is 0.119 e. The summed E-state index contributed by atoms with van der Waals surface area (Å²) in [5, 5.41) is 0. The lowest BCUT2D eigenvalue weighted by molar-refractivity contribution is -0.116. The van der Waals surface area contributed by atoms with E-state index in [9.17, 15) is 0 Å². The van der Waals surface area contributed by atoms with Crippen molar-refractivity contribution in [2.75, 3.05) is 18.1 Å². The largest absolute Gasteiger partial charge is 0.490 e. The molecule has 1 aromatic carbocycles. The highest BCUT2D eigenvalue weighted by Crippen LogP contribution is 2.38. The molecule has 1 atom stereocenters. The van der Waals surface area contributed by atoms with Gasteiger partial charge in [-0.05, 0) is 48.6 Å². The Kier molecular flexibility index (Phi) is 4.40. The first-order chi connectivity index (χ1) is 9.26. The van der Waals surface area contributed by atoms with Crippen molar-refractivity contribution in [2.24, 2.45) is 0 Å². The molecule has 2 aliphatic rings. The molecular weight excluding hydrogens is 324 g/mol. The van der Waals surface area contributed by atoms with E-state index in [1.807, 2.05) is 36.0 Å². The van der Waals surface area contributed by atoms with Crippen molar-refractivity contribution < 1.29 is 9.47 Å². The van der Waals surface area contributed by atoms with Crippen LogP contribution >= 0.6 is 27.7 Å². The summed E-state index contributed by atoms with van der Waals surface area (Å²) in [6.45, 7) is 0.839. The van der Waals surface area contributed by atoms with E-state index < -0.39 is 0 Å². The molecule has 0 aromatic heterocycles. The molecule has 0 aliphatic carbocycles. The molecule has 4 heteroatoms. The monoisotopic (exact) mass is 342 g/mol. The summed E-state index contributed by atoms with van der Waals surface area (Å²) in [5.74, 6) is 3.42. The minimum absolute atomic E-state index is 0.101. The highest BCUT2D eigenvalue weighted by atomic mass is 79.9. The van der Waals surface area contributed by atoms with E-state index in [0.717, 1.165) is 29.7 Å². The molecule has 2 saturated heterocycles. The van der Waals surface area contributed by atoms with Crippen LogP contribution in [0.4, 0.5) is 0 Å². The van der Waals surface area contributed by atoms with Gasteiger partial charge in [-0.25, -0.2) is 0 Å². The summed E-state index contributed by atoms with van der Waals surface area (Å²) in [7, 11) is 0. The molecule has 1 unspecified atom stereocenters. The smallest absolute Gasteiger partial charge is 0.119 e. The van der Waals surface area contributed by atoms with Gasteiger partial charge in [-0.1, -0.05) is 15.9 Å². The van der Waals surface area contributed by atoms with Crippen molar-refractivity contribution in [3.05, 3.63) is 28.7 Å². The maximum atomic E-state index is 6.13. The first kappa shape index (κ1) is 13.8. The van der Waals surface area contributed by atoms with E-state index in [2.05, 4.69) is 15.9 Å². The highest BCUT2D eigenvalue weighted by molar-refractivity contribution is 9.10. The topological polar surface area (TPSA) is 18.5 Å². The Balaban J connectivity index is 1.63. The van der Waals surface area contributed by atoms with E-state index in [0.29, 0.717) is 6.10 Å². The van der Waals surface area contributed by atoms with Gasteiger partial charge in [-0.2, -0.15) is 11.8 Å². The fraction of sp³-hybridized carbons (Fsp3) is 0.600. The SMILES string of the molecule is Brc1ccc(OC2CCOC3(CCSCC3)C2)cc1. The van der Waals surface area contributed by atoms with Crippen LogP contribution in [0.2, 0.25) is 0 Å². The van der Waals surface area contributed by atoms with Crippen molar-refractivity contribution in [3.8, 4) is 5.75 Å². The zero-order chi connectivity index (χ0) is 13.1. The average molecular weight is 343 g/mol. The van der Waals surface area contributed by atoms with Gasteiger partial charge in [0, 0.05) is 17.3 Å². The fourth-order valence-corrected chi connectivity index (χ4v) is 4.38. The van der Waals surface area contributed by atoms with E-state index in [4.69, 9.17) is 9.47 Å². The van der Waals surface area contributed by atoms with Crippen molar-refractivity contribution >= 4 is 27.7 Å². The van der Waals surface area contributed by atoms with Crippen LogP contribution in [-0.2, 0) is 4.74 Å². The van der Waals surface area contributed by atoms with Crippen LogP contribution in [0, 0.1) is 0 Å². The quantitative estimate of drug-likeness (QED) is 0.799. The molecule has 3 rings (SSSR count).